The van der Waals surface area contributed by atoms with Gasteiger partial charge >= 0.3 is 0 Å². The lowest BCUT2D eigenvalue weighted by Gasteiger charge is -2.24. The fraction of sp³-hybridized carbons (Fsp3) is 0.163. The molecule has 0 aromatic heterocycles. The molecule has 0 heteroatoms. The monoisotopic (exact) mass is 552 g/mol. The first-order valence-corrected chi connectivity index (χ1v) is 15.5. The molecule has 208 valence electrons. The van der Waals surface area contributed by atoms with Gasteiger partial charge in [-0.25, -0.2) is 0 Å². The van der Waals surface area contributed by atoms with Crippen LogP contribution in [0, 0.1) is 20.8 Å². The summed E-state index contributed by atoms with van der Waals surface area (Å²) in [5.74, 6) is 0. The average molecular weight is 553 g/mol. The van der Waals surface area contributed by atoms with Crippen molar-refractivity contribution in [2.24, 2.45) is 0 Å². The van der Waals surface area contributed by atoms with Crippen molar-refractivity contribution in [1.29, 1.82) is 0 Å². The van der Waals surface area contributed by atoms with Crippen molar-refractivity contribution in [3.8, 4) is 55.6 Å². The number of hydrogen-bond donors (Lipinski definition) is 0. The summed E-state index contributed by atoms with van der Waals surface area (Å²) in [6.07, 6.45) is 0.976. The SMILES string of the molecule is Cc1c(C)c(-c2ccc3c(c2)C(C)(C)c2cc(-c4ccccc4)ccc2-3)c2c(c1C)-c1ccc(-c3ccccc3)cc1C2. The quantitative estimate of drug-likeness (QED) is 0.204. The lowest BCUT2D eigenvalue weighted by molar-refractivity contribution is 0.661. The molecule has 0 heterocycles. The largest absolute Gasteiger partial charge is 0.0622 e. The summed E-state index contributed by atoms with van der Waals surface area (Å²) >= 11 is 0. The third-order valence-corrected chi connectivity index (χ3v) is 10.4. The summed E-state index contributed by atoms with van der Waals surface area (Å²) in [4.78, 5) is 0. The van der Waals surface area contributed by atoms with Crippen molar-refractivity contribution < 1.29 is 0 Å². The van der Waals surface area contributed by atoms with Gasteiger partial charge in [0.15, 0.2) is 0 Å². The number of fused-ring (bicyclic) bond motifs is 6. The Balaban J connectivity index is 1.26. The zero-order chi connectivity index (χ0) is 29.5. The van der Waals surface area contributed by atoms with Crippen LogP contribution in [0.3, 0.4) is 0 Å². The third kappa shape index (κ3) is 3.83. The van der Waals surface area contributed by atoms with Crippen LogP contribution in [0.1, 0.15) is 52.8 Å². The van der Waals surface area contributed by atoms with Gasteiger partial charge in [0.05, 0.1) is 0 Å². The van der Waals surface area contributed by atoms with Gasteiger partial charge in [0.2, 0.25) is 0 Å². The van der Waals surface area contributed by atoms with Crippen molar-refractivity contribution in [2.45, 2.75) is 46.5 Å². The lowest BCUT2D eigenvalue weighted by Crippen LogP contribution is -2.15. The molecule has 0 fully saturated rings. The van der Waals surface area contributed by atoms with E-state index in [0.717, 1.165) is 6.42 Å². The highest BCUT2D eigenvalue weighted by Crippen LogP contribution is 2.52. The maximum Gasteiger partial charge on any atom is 0.0159 e. The van der Waals surface area contributed by atoms with Crippen LogP contribution in [0.15, 0.2) is 115 Å². The third-order valence-electron chi connectivity index (χ3n) is 10.4. The van der Waals surface area contributed by atoms with E-state index in [-0.39, 0.29) is 5.41 Å². The Bertz CT molecular complexity index is 2070. The van der Waals surface area contributed by atoms with Gasteiger partial charge < -0.3 is 0 Å². The Morgan fingerprint density at radius 1 is 0.442 bits per heavy atom. The molecule has 6 aromatic carbocycles. The second-order valence-electron chi connectivity index (χ2n) is 13.0. The van der Waals surface area contributed by atoms with E-state index in [2.05, 4.69) is 150 Å². The van der Waals surface area contributed by atoms with Crippen LogP contribution in [0.4, 0.5) is 0 Å². The lowest BCUT2D eigenvalue weighted by atomic mass is 9.79. The minimum atomic E-state index is -0.0736. The molecular formula is C43H36. The Hall–Kier alpha value is -4.68. The minimum absolute atomic E-state index is 0.0736. The van der Waals surface area contributed by atoms with Gasteiger partial charge in [-0.3, -0.25) is 0 Å². The predicted molar refractivity (Wildman–Crippen MR) is 183 cm³/mol. The van der Waals surface area contributed by atoms with Gasteiger partial charge in [-0.2, -0.15) is 0 Å². The topological polar surface area (TPSA) is 0 Å². The maximum atomic E-state index is 2.51. The van der Waals surface area contributed by atoms with Gasteiger partial charge in [-0.15, -0.1) is 0 Å². The smallest absolute Gasteiger partial charge is 0.0159 e. The molecule has 0 saturated heterocycles. The van der Waals surface area contributed by atoms with Crippen molar-refractivity contribution in [3.05, 3.63) is 154 Å². The molecule has 0 saturated carbocycles. The number of hydrogen-bond acceptors (Lipinski definition) is 0. The van der Waals surface area contributed by atoms with Gasteiger partial charge in [0, 0.05) is 5.41 Å². The minimum Gasteiger partial charge on any atom is -0.0622 e. The predicted octanol–water partition coefficient (Wildman–Crippen LogP) is 11.5. The van der Waals surface area contributed by atoms with E-state index in [9.17, 15) is 0 Å². The molecule has 0 nitrogen and oxygen atoms in total. The van der Waals surface area contributed by atoms with Crippen LogP contribution in [-0.4, -0.2) is 0 Å². The van der Waals surface area contributed by atoms with Crippen molar-refractivity contribution >= 4 is 0 Å². The van der Waals surface area contributed by atoms with E-state index in [1.165, 1.54) is 94.6 Å². The summed E-state index contributed by atoms with van der Waals surface area (Å²) in [5.41, 5.74) is 23.4. The molecule has 0 radical (unpaired) electrons. The molecule has 0 N–H and O–H groups in total. The van der Waals surface area contributed by atoms with Crippen LogP contribution < -0.4 is 0 Å². The Morgan fingerprint density at radius 2 is 0.930 bits per heavy atom. The highest BCUT2D eigenvalue weighted by Gasteiger charge is 2.36. The summed E-state index contributed by atoms with van der Waals surface area (Å²) < 4.78 is 0. The standard InChI is InChI=1S/C43H36/c1-26-27(2)41(38-23-34-22-31(29-12-8-6-9-13-29)16-19-35(34)42(38)28(26)3)33-18-21-37-36-20-17-32(30-14-10-7-11-15-30)24-39(36)43(4,5)40(37)25-33/h6-22,24-25H,23H2,1-5H3. The summed E-state index contributed by atoms with van der Waals surface area (Å²) in [7, 11) is 0. The zero-order valence-electron chi connectivity index (χ0n) is 25.7. The van der Waals surface area contributed by atoms with Gasteiger partial charge in [0.1, 0.15) is 0 Å². The van der Waals surface area contributed by atoms with Crippen LogP contribution in [0.25, 0.3) is 55.6 Å². The Morgan fingerprint density at radius 3 is 1.53 bits per heavy atom. The van der Waals surface area contributed by atoms with Crippen LogP contribution >= 0.6 is 0 Å². The normalized spacial score (nSPS) is 13.8. The van der Waals surface area contributed by atoms with Crippen molar-refractivity contribution in [3.63, 3.8) is 0 Å². The van der Waals surface area contributed by atoms with Crippen LogP contribution in [-0.2, 0) is 11.8 Å². The molecule has 0 bridgehead atoms. The van der Waals surface area contributed by atoms with Crippen molar-refractivity contribution in [1.82, 2.24) is 0 Å². The second-order valence-corrected chi connectivity index (χ2v) is 13.0. The maximum absolute atomic E-state index is 2.51. The fourth-order valence-electron chi connectivity index (χ4n) is 7.85. The van der Waals surface area contributed by atoms with Gasteiger partial charge in [-0.1, -0.05) is 117 Å². The summed E-state index contributed by atoms with van der Waals surface area (Å²) in [6, 6.07) is 42.9. The molecule has 0 atom stereocenters. The molecule has 0 aliphatic heterocycles. The van der Waals surface area contributed by atoms with E-state index >= 15 is 0 Å². The van der Waals surface area contributed by atoms with E-state index in [0.29, 0.717) is 0 Å². The molecule has 0 amide bonds. The number of rotatable bonds is 3. The molecular weight excluding hydrogens is 516 g/mol. The highest BCUT2D eigenvalue weighted by molar-refractivity contribution is 5.92. The average Bonchev–Trinajstić information content (AvgIpc) is 3.52. The first kappa shape index (κ1) is 26.0. The van der Waals surface area contributed by atoms with E-state index in [4.69, 9.17) is 0 Å². The Kier molecular flexibility index (Phi) is 5.69. The summed E-state index contributed by atoms with van der Waals surface area (Å²) in [5, 5.41) is 0. The molecule has 8 rings (SSSR count). The Labute approximate surface area is 255 Å². The van der Waals surface area contributed by atoms with Gasteiger partial charge in [0.25, 0.3) is 0 Å². The van der Waals surface area contributed by atoms with E-state index < -0.39 is 0 Å². The zero-order valence-corrected chi connectivity index (χ0v) is 25.7. The van der Waals surface area contributed by atoms with Crippen LogP contribution in [0.5, 0.6) is 0 Å². The van der Waals surface area contributed by atoms with E-state index in [1.807, 2.05) is 0 Å². The molecule has 0 unspecified atom stereocenters. The molecule has 2 aliphatic rings. The first-order valence-electron chi connectivity index (χ1n) is 15.5. The van der Waals surface area contributed by atoms with E-state index in [1.54, 1.807) is 0 Å². The van der Waals surface area contributed by atoms with Crippen molar-refractivity contribution in [2.75, 3.05) is 0 Å². The highest BCUT2D eigenvalue weighted by atomic mass is 14.4. The molecule has 6 aromatic rings. The molecule has 43 heavy (non-hydrogen) atoms. The van der Waals surface area contributed by atoms with Crippen LogP contribution in [0.2, 0.25) is 0 Å². The summed E-state index contributed by atoms with van der Waals surface area (Å²) in [6.45, 7) is 11.8. The second kappa shape index (κ2) is 9.41. The molecule has 0 spiro atoms. The molecule has 2 aliphatic carbocycles. The van der Waals surface area contributed by atoms with Gasteiger partial charge in [-0.05, 0) is 134 Å². The number of benzene rings is 6. The fourth-order valence-corrected chi connectivity index (χ4v) is 7.85. The first-order chi connectivity index (χ1) is 20.8.